The minimum absolute atomic E-state index is 0. The summed E-state index contributed by atoms with van der Waals surface area (Å²) in [5.74, 6) is 2.66. The minimum atomic E-state index is 0. The number of morpholine rings is 1. The van der Waals surface area contributed by atoms with Crippen LogP contribution >= 0.6 is 11.8 Å². The average Bonchev–Trinajstić information content (AvgIpc) is 3.51. The monoisotopic (exact) mass is 788 g/mol. The van der Waals surface area contributed by atoms with Gasteiger partial charge in [-0.05, 0) is 142 Å². The van der Waals surface area contributed by atoms with Crippen LogP contribution in [0.2, 0.25) is 0 Å². The Labute approximate surface area is 341 Å². The molecule has 12 nitrogen and oxygen atoms in total. The van der Waals surface area contributed by atoms with Crippen molar-refractivity contribution in [2.75, 3.05) is 200 Å². The lowest BCUT2D eigenvalue weighted by Crippen LogP contribution is -2.42. The fraction of sp³-hybridized carbons (Fsp3) is 0.927. The number of piperazine rings is 1. The molecule has 7 fully saturated rings. The smallest absolute Gasteiger partial charge is 0.0943 e. The molecule has 7 aliphatic heterocycles. The molecule has 1 N–H and O–H groups in total. The molecule has 1 aromatic rings. The van der Waals surface area contributed by atoms with Crippen molar-refractivity contribution in [3.05, 3.63) is 18.7 Å². The van der Waals surface area contributed by atoms with Gasteiger partial charge in [0.2, 0.25) is 0 Å². The van der Waals surface area contributed by atoms with E-state index in [1.807, 2.05) is 31.9 Å². The lowest BCUT2D eigenvalue weighted by molar-refractivity contribution is 0.0503. The van der Waals surface area contributed by atoms with Crippen LogP contribution in [0.3, 0.4) is 0 Å². The largest absolute Gasteiger partial charge is 0.379 e. The SMILES string of the molecule is C.CN1CC1.CN1CCC1.CN1CCCC1.CN1CCCCC1.CN1CCN(C)CC1.CN1CCOCC1.CN1CCSCC1.CNC.Cn1ccnc1. The number of ether oxygens (including phenoxy) is 1. The highest BCUT2D eigenvalue weighted by Gasteiger charge is 2.09. The maximum Gasteiger partial charge on any atom is 0.0943 e. The van der Waals surface area contributed by atoms with Crippen molar-refractivity contribution < 1.29 is 4.74 Å². The second-order valence-electron chi connectivity index (χ2n) is 15.5. The zero-order valence-corrected chi connectivity index (χ0v) is 37.7. The van der Waals surface area contributed by atoms with Crippen molar-refractivity contribution in [1.29, 1.82) is 0 Å². The van der Waals surface area contributed by atoms with Gasteiger partial charge in [-0.1, -0.05) is 13.8 Å². The molecule has 8 rings (SSSR count). The van der Waals surface area contributed by atoms with E-state index < -0.39 is 0 Å². The van der Waals surface area contributed by atoms with Gasteiger partial charge in [0.05, 0.1) is 19.5 Å². The topological polar surface area (TPSA) is 64.8 Å². The third-order valence-electron chi connectivity index (χ3n) is 9.49. The molecule has 54 heavy (non-hydrogen) atoms. The van der Waals surface area contributed by atoms with E-state index in [0.717, 1.165) is 26.3 Å². The van der Waals surface area contributed by atoms with E-state index in [4.69, 9.17) is 4.74 Å². The summed E-state index contributed by atoms with van der Waals surface area (Å²) in [6.45, 7) is 22.1. The quantitative estimate of drug-likeness (QED) is 0.393. The van der Waals surface area contributed by atoms with Gasteiger partial charge in [0.25, 0.3) is 0 Å². The van der Waals surface area contributed by atoms with Gasteiger partial charge in [0, 0.05) is 96.4 Å². The molecule has 0 saturated carbocycles. The van der Waals surface area contributed by atoms with Gasteiger partial charge in [-0.2, -0.15) is 11.8 Å². The van der Waals surface area contributed by atoms with Gasteiger partial charge in [0.15, 0.2) is 0 Å². The normalized spacial score (nSPS) is 22.2. The summed E-state index contributed by atoms with van der Waals surface area (Å²) in [5.41, 5.74) is 0. The number of nitrogens with zero attached hydrogens (tertiary/aromatic N) is 10. The van der Waals surface area contributed by atoms with Crippen LogP contribution in [0.4, 0.5) is 0 Å². The first-order valence-electron chi connectivity index (χ1n) is 20.6. The number of hydrogen-bond donors (Lipinski definition) is 1. The van der Waals surface area contributed by atoms with Crippen LogP contribution in [0.25, 0.3) is 0 Å². The predicted molar refractivity (Wildman–Crippen MR) is 241 cm³/mol. The Kier molecular flexibility index (Phi) is 39.9. The molecule has 13 heteroatoms. The molecule has 0 atom stereocenters. The third-order valence-corrected chi connectivity index (χ3v) is 10.4. The van der Waals surface area contributed by atoms with E-state index in [2.05, 4.69) is 118 Å². The van der Waals surface area contributed by atoms with Crippen LogP contribution in [0.1, 0.15) is 46.0 Å². The van der Waals surface area contributed by atoms with Gasteiger partial charge in [-0.15, -0.1) is 0 Å². The Morgan fingerprint density at radius 2 is 0.759 bits per heavy atom. The number of likely N-dealkylation sites (N-methyl/N-ethyl adjacent to an activating group) is 4. The van der Waals surface area contributed by atoms with E-state index in [9.17, 15) is 0 Å². The Bertz CT molecular complexity index is 784. The van der Waals surface area contributed by atoms with E-state index >= 15 is 0 Å². The second-order valence-corrected chi connectivity index (χ2v) is 16.7. The van der Waals surface area contributed by atoms with Crippen LogP contribution in [0, 0.1) is 0 Å². The Hall–Kier alpha value is -0.840. The van der Waals surface area contributed by atoms with Crippen molar-refractivity contribution in [3.8, 4) is 0 Å². The molecule has 8 heterocycles. The maximum absolute atomic E-state index is 5.10. The van der Waals surface area contributed by atoms with Gasteiger partial charge in [-0.25, -0.2) is 4.98 Å². The highest BCUT2D eigenvalue weighted by Crippen LogP contribution is 2.06. The van der Waals surface area contributed by atoms with Gasteiger partial charge in [0.1, 0.15) is 0 Å². The summed E-state index contributed by atoms with van der Waals surface area (Å²) < 4.78 is 6.99. The zero-order chi connectivity index (χ0) is 39.5. The summed E-state index contributed by atoms with van der Waals surface area (Å²) in [6, 6.07) is 0. The van der Waals surface area contributed by atoms with Gasteiger partial charge >= 0.3 is 0 Å². The molecule has 324 valence electrons. The van der Waals surface area contributed by atoms with Crippen molar-refractivity contribution >= 4 is 11.8 Å². The van der Waals surface area contributed by atoms with Crippen molar-refractivity contribution in [2.24, 2.45) is 7.05 Å². The van der Waals surface area contributed by atoms with Gasteiger partial charge < -0.3 is 53.8 Å². The molecular weight excluding hydrogens is 695 g/mol. The molecule has 7 aliphatic rings. The number of aryl methyl sites for hydroxylation is 1. The van der Waals surface area contributed by atoms with E-state index in [0.29, 0.717) is 0 Å². The zero-order valence-electron chi connectivity index (χ0n) is 36.9. The summed E-state index contributed by atoms with van der Waals surface area (Å²) in [7, 11) is 22.9. The minimum Gasteiger partial charge on any atom is -0.379 e. The van der Waals surface area contributed by atoms with E-state index in [1.54, 1.807) is 12.5 Å². The molecule has 0 spiro atoms. The number of imidazole rings is 1. The first kappa shape index (κ1) is 55.3. The van der Waals surface area contributed by atoms with Gasteiger partial charge in [-0.3, -0.25) is 0 Å². The molecule has 0 bridgehead atoms. The average molecular weight is 788 g/mol. The Morgan fingerprint density at radius 1 is 0.444 bits per heavy atom. The lowest BCUT2D eigenvalue weighted by Gasteiger charge is -2.28. The summed E-state index contributed by atoms with van der Waals surface area (Å²) >= 11 is 2.06. The fourth-order valence-electron chi connectivity index (χ4n) is 5.04. The lowest BCUT2D eigenvalue weighted by atomic mass is 10.1. The molecule has 0 radical (unpaired) electrons. The first-order chi connectivity index (χ1) is 25.5. The second kappa shape index (κ2) is 39.0. The standard InChI is InChI=1S/C6H14N2.C6H13N.C5H11NO.C5H11NS.C5H11N.C4H6N2.C4H9N.C3H7N.C2H7N.CH4/c1-7-3-5-8(2)6-4-7;1-7-5-3-2-4-6-7;2*1-6-2-4-7-5-3-6;1-6-4-2-3-5-6;1-6-3-2-5-4-6;1-5-3-2-4-5;1-4-2-3-4;1-3-2;/h3-6H2,1-2H3;2-6H2,1H3;2*2-5H2,1H3;2-5H2,1H3;2-4H,1H3;2-4H2,1H3;2-3H2,1H3;3H,1-2H3;1H4. The van der Waals surface area contributed by atoms with Crippen LogP contribution in [0.5, 0.6) is 0 Å². The van der Waals surface area contributed by atoms with E-state index in [-0.39, 0.29) is 7.43 Å². The molecule has 0 amide bonds. The predicted octanol–water partition coefficient (Wildman–Crippen LogP) is 3.44. The number of hydrogen-bond acceptors (Lipinski definition) is 12. The number of piperidine rings is 1. The summed E-state index contributed by atoms with van der Waals surface area (Å²) in [4.78, 5) is 22.5. The molecular formula is C41H93N11OS. The molecule has 0 unspecified atom stereocenters. The number of nitrogens with one attached hydrogen (secondary N) is 1. The number of thioether (sulfide) groups is 1. The fourth-order valence-corrected chi connectivity index (χ4v) is 6.13. The van der Waals surface area contributed by atoms with Crippen molar-refractivity contribution in [2.45, 2.75) is 46.0 Å². The number of likely N-dealkylation sites (tertiary alicyclic amines) is 3. The first-order valence-corrected chi connectivity index (χ1v) is 21.8. The molecule has 0 aliphatic carbocycles. The highest BCUT2D eigenvalue weighted by atomic mass is 32.2. The van der Waals surface area contributed by atoms with Crippen molar-refractivity contribution in [3.63, 3.8) is 0 Å². The summed E-state index contributed by atoms with van der Waals surface area (Å²) in [5, 5.41) is 2.75. The van der Waals surface area contributed by atoms with Crippen LogP contribution in [0.15, 0.2) is 18.7 Å². The molecule has 7 saturated heterocycles. The van der Waals surface area contributed by atoms with E-state index in [1.165, 1.54) is 142 Å². The summed E-state index contributed by atoms with van der Waals surface area (Å²) in [6.07, 6.45) is 13.9. The number of rotatable bonds is 0. The maximum atomic E-state index is 5.10. The molecule has 1 aromatic heterocycles. The Balaban J connectivity index is 0. The highest BCUT2D eigenvalue weighted by molar-refractivity contribution is 7.99. The Morgan fingerprint density at radius 3 is 0.926 bits per heavy atom. The van der Waals surface area contributed by atoms with Crippen LogP contribution < -0.4 is 5.32 Å². The molecule has 0 aromatic carbocycles. The van der Waals surface area contributed by atoms with Crippen LogP contribution in [-0.4, -0.2) is 249 Å². The third kappa shape index (κ3) is 40.8. The number of aromatic nitrogens is 2. The van der Waals surface area contributed by atoms with Crippen molar-refractivity contribution in [1.82, 2.24) is 54.1 Å². The van der Waals surface area contributed by atoms with Crippen LogP contribution in [-0.2, 0) is 11.8 Å².